The highest BCUT2D eigenvalue weighted by Gasteiger charge is 1.99. The molecule has 0 fully saturated rings. The first-order chi connectivity index (χ1) is 8.24. The summed E-state index contributed by atoms with van der Waals surface area (Å²) in [6, 6.07) is 8.30. The molecule has 0 atom stereocenters. The van der Waals surface area contributed by atoms with Crippen molar-refractivity contribution in [2.45, 2.75) is 39.5 Å². The standard InChI is InChI=1S/C15H24O2/c1-4-5-10-16-11-12-17-15-8-6-14(7-9-15)13(2)3/h6-9,13H,4-5,10-12H2,1-3H3. The van der Waals surface area contributed by atoms with Crippen LogP contribution in [0.1, 0.15) is 45.1 Å². The van der Waals surface area contributed by atoms with Crippen molar-refractivity contribution in [3.8, 4) is 5.75 Å². The summed E-state index contributed by atoms with van der Waals surface area (Å²) < 4.78 is 11.0. The maximum absolute atomic E-state index is 5.60. The smallest absolute Gasteiger partial charge is 0.119 e. The molecule has 2 nitrogen and oxygen atoms in total. The summed E-state index contributed by atoms with van der Waals surface area (Å²) in [6.07, 6.45) is 2.31. The van der Waals surface area contributed by atoms with Crippen LogP contribution in [0.15, 0.2) is 24.3 Å². The van der Waals surface area contributed by atoms with Crippen LogP contribution in [0, 0.1) is 0 Å². The van der Waals surface area contributed by atoms with Crippen molar-refractivity contribution >= 4 is 0 Å². The summed E-state index contributed by atoms with van der Waals surface area (Å²) in [5.74, 6) is 1.50. The van der Waals surface area contributed by atoms with Crippen LogP contribution in [0.5, 0.6) is 5.75 Å². The number of ether oxygens (including phenoxy) is 2. The molecule has 0 aliphatic carbocycles. The SMILES string of the molecule is CCCCOCCOc1ccc(C(C)C)cc1. The van der Waals surface area contributed by atoms with E-state index in [2.05, 4.69) is 32.9 Å². The van der Waals surface area contributed by atoms with Gasteiger partial charge in [0, 0.05) is 6.61 Å². The molecule has 1 aromatic carbocycles. The fraction of sp³-hybridized carbons (Fsp3) is 0.600. The second-order valence-corrected chi connectivity index (χ2v) is 4.54. The fourth-order valence-electron chi connectivity index (χ4n) is 1.52. The van der Waals surface area contributed by atoms with E-state index >= 15 is 0 Å². The number of rotatable bonds is 8. The highest BCUT2D eigenvalue weighted by molar-refractivity contribution is 5.28. The van der Waals surface area contributed by atoms with Crippen molar-refractivity contribution in [2.24, 2.45) is 0 Å². The van der Waals surface area contributed by atoms with E-state index in [0.717, 1.165) is 18.8 Å². The summed E-state index contributed by atoms with van der Waals surface area (Å²) in [7, 11) is 0. The highest BCUT2D eigenvalue weighted by Crippen LogP contribution is 2.18. The highest BCUT2D eigenvalue weighted by atomic mass is 16.5. The zero-order valence-electron chi connectivity index (χ0n) is 11.2. The zero-order chi connectivity index (χ0) is 12.5. The predicted molar refractivity (Wildman–Crippen MR) is 71.8 cm³/mol. The van der Waals surface area contributed by atoms with E-state index in [-0.39, 0.29) is 0 Å². The second-order valence-electron chi connectivity index (χ2n) is 4.54. The molecule has 0 N–H and O–H groups in total. The molecule has 0 unspecified atom stereocenters. The van der Waals surface area contributed by atoms with Crippen molar-refractivity contribution in [1.82, 2.24) is 0 Å². The van der Waals surface area contributed by atoms with Gasteiger partial charge in [-0.15, -0.1) is 0 Å². The van der Waals surface area contributed by atoms with E-state index < -0.39 is 0 Å². The average molecular weight is 236 g/mol. The van der Waals surface area contributed by atoms with Crippen LogP contribution in [0.3, 0.4) is 0 Å². The third-order valence-corrected chi connectivity index (χ3v) is 2.69. The Labute approximate surface area is 105 Å². The molecule has 0 saturated carbocycles. The van der Waals surface area contributed by atoms with Crippen molar-refractivity contribution in [3.05, 3.63) is 29.8 Å². The van der Waals surface area contributed by atoms with Gasteiger partial charge < -0.3 is 9.47 Å². The van der Waals surface area contributed by atoms with E-state index in [1.807, 2.05) is 12.1 Å². The normalized spacial score (nSPS) is 10.8. The average Bonchev–Trinajstić information content (AvgIpc) is 2.34. The Morgan fingerprint density at radius 3 is 2.29 bits per heavy atom. The van der Waals surface area contributed by atoms with Crippen LogP contribution in [-0.2, 0) is 4.74 Å². The molecule has 17 heavy (non-hydrogen) atoms. The van der Waals surface area contributed by atoms with Gasteiger partial charge in [-0.3, -0.25) is 0 Å². The van der Waals surface area contributed by atoms with Gasteiger partial charge in [0.05, 0.1) is 6.61 Å². The maximum Gasteiger partial charge on any atom is 0.119 e. The molecule has 0 bridgehead atoms. The first kappa shape index (κ1) is 14.0. The Hall–Kier alpha value is -1.02. The third-order valence-electron chi connectivity index (χ3n) is 2.69. The summed E-state index contributed by atoms with van der Waals surface area (Å²) in [5.41, 5.74) is 1.34. The largest absolute Gasteiger partial charge is 0.491 e. The number of hydrogen-bond acceptors (Lipinski definition) is 2. The number of hydrogen-bond donors (Lipinski definition) is 0. The summed E-state index contributed by atoms with van der Waals surface area (Å²) in [6.45, 7) is 8.69. The van der Waals surface area contributed by atoms with Crippen LogP contribution >= 0.6 is 0 Å². The molecule has 0 radical (unpaired) electrons. The van der Waals surface area contributed by atoms with E-state index in [1.165, 1.54) is 12.0 Å². The van der Waals surface area contributed by atoms with Gasteiger partial charge in [0.25, 0.3) is 0 Å². The first-order valence-electron chi connectivity index (χ1n) is 6.54. The van der Waals surface area contributed by atoms with Crippen LogP contribution in [0.25, 0.3) is 0 Å². The maximum atomic E-state index is 5.60. The Kier molecular flexibility index (Phi) is 6.71. The monoisotopic (exact) mass is 236 g/mol. The molecule has 2 heteroatoms. The molecule has 0 aliphatic rings. The van der Waals surface area contributed by atoms with Gasteiger partial charge in [-0.05, 0) is 30.0 Å². The molecule has 0 aliphatic heterocycles. The van der Waals surface area contributed by atoms with E-state index in [1.54, 1.807) is 0 Å². The minimum Gasteiger partial charge on any atom is -0.491 e. The molecule has 0 spiro atoms. The minimum atomic E-state index is 0.571. The number of benzene rings is 1. The van der Waals surface area contributed by atoms with Crippen LogP contribution in [0.4, 0.5) is 0 Å². The molecule has 0 heterocycles. The van der Waals surface area contributed by atoms with Gasteiger partial charge >= 0.3 is 0 Å². The van der Waals surface area contributed by atoms with E-state index in [0.29, 0.717) is 19.1 Å². The lowest BCUT2D eigenvalue weighted by molar-refractivity contribution is 0.0980. The van der Waals surface area contributed by atoms with E-state index in [4.69, 9.17) is 9.47 Å². The van der Waals surface area contributed by atoms with Crippen molar-refractivity contribution in [2.75, 3.05) is 19.8 Å². The Bertz CT molecular complexity index is 290. The summed E-state index contributed by atoms with van der Waals surface area (Å²) in [4.78, 5) is 0. The molecular formula is C15H24O2. The lowest BCUT2D eigenvalue weighted by Crippen LogP contribution is -2.07. The van der Waals surface area contributed by atoms with Crippen LogP contribution in [-0.4, -0.2) is 19.8 Å². The fourth-order valence-corrected chi connectivity index (χ4v) is 1.52. The van der Waals surface area contributed by atoms with Gasteiger partial charge in [0.2, 0.25) is 0 Å². The van der Waals surface area contributed by atoms with Gasteiger partial charge in [-0.2, -0.15) is 0 Å². The van der Waals surface area contributed by atoms with Crippen molar-refractivity contribution in [1.29, 1.82) is 0 Å². The Morgan fingerprint density at radius 1 is 1.00 bits per heavy atom. The predicted octanol–water partition coefficient (Wildman–Crippen LogP) is 4.01. The van der Waals surface area contributed by atoms with Gasteiger partial charge in [0.1, 0.15) is 12.4 Å². The lowest BCUT2D eigenvalue weighted by Gasteiger charge is -2.09. The summed E-state index contributed by atoms with van der Waals surface area (Å²) >= 11 is 0. The summed E-state index contributed by atoms with van der Waals surface area (Å²) in [5, 5.41) is 0. The minimum absolute atomic E-state index is 0.571. The topological polar surface area (TPSA) is 18.5 Å². The molecule has 1 rings (SSSR count). The molecule has 0 aromatic heterocycles. The quantitative estimate of drug-likeness (QED) is 0.635. The zero-order valence-corrected chi connectivity index (χ0v) is 11.2. The molecular weight excluding hydrogens is 212 g/mol. The third kappa shape index (κ3) is 5.73. The van der Waals surface area contributed by atoms with Crippen molar-refractivity contribution in [3.63, 3.8) is 0 Å². The second kappa shape index (κ2) is 8.13. The molecule has 0 amide bonds. The Balaban J connectivity index is 2.19. The number of unbranched alkanes of at least 4 members (excludes halogenated alkanes) is 1. The van der Waals surface area contributed by atoms with E-state index in [9.17, 15) is 0 Å². The Morgan fingerprint density at radius 2 is 1.71 bits per heavy atom. The molecule has 0 saturated heterocycles. The lowest BCUT2D eigenvalue weighted by atomic mass is 10.0. The van der Waals surface area contributed by atoms with Crippen LogP contribution < -0.4 is 4.74 Å². The molecule has 96 valence electrons. The van der Waals surface area contributed by atoms with Gasteiger partial charge in [-0.25, -0.2) is 0 Å². The van der Waals surface area contributed by atoms with Gasteiger partial charge in [0.15, 0.2) is 0 Å². The molecule has 1 aromatic rings. The van der Waals surface area contributed by atoms with Crippen molar-refractivity contribution < 1.29 is 9.47 Å². The van der Waals surface area contributed by atoms with Crippen LogP contribution in [0.2, 0.25) is 0 Å². The van der Waals surface area contributed by atoms with Gasteiger partial charge in [-0.1, -0.05) is 39.3 Å². The first-order valence-corrected chi connectivity index (χ1v) is 6.54.